The fraction of sp³-hybridized carbons (Fsp3) is 0. The van der Waals surface area contributed by atoms with Gasteiger partial charge in [-0.2, -0.15) is 0 Å². The third-order valence-corrected chi connectivity index (χ3v) is 10.6. The number of benzene rings is 9. The highest BCUT2D eigenvalue weighted by Gasteiger charge is 2.17. The molecule has 3 heteroatoms. The van der Waals surface area contributed by atoms with Gasteiger partial charge in [0.2, 0.25) is 0 Å². The van der Waals surface area contributed by atoms with E-state index in [-0.39, 0.29) is 0 Å². The molecule has 10 aromatic rings. The number of hydrogen-bond donors (Lipinski definition) is 0. The molecule has 0 aliphatic heterocycles. The van der Waals surface area contributed by atoms with Crippen molar-refractivity contribution in [1.82, 2.24) is 15.0 Å². The normalized spacial score (nSPS) is 11.2. The van der Waals surface area contributed by atoms with Crippen LogP contribution < -0.4 is 0 Å². The van der Waals surface area contributed by atoms with E-state index >= 15 is 0 Å². The summed E-state index contributed by atoms with van der Waals surface area (Å²) in [6, 6.07) is 74.7. The lowest BCUT2D eigenvalue weighted by Gasteiger charge is -2.14. The molecule has 262 valence electrons. The van der Waals surface area contributed by atoms with Gasteiger partial charge >= 0.3 is 0 Å². The maximum absolute atomic E-state index is 5.24. The van der Waals surface area contributed by atoms with Gasteiger partial charge in [-0.1, -0.05) is 200 Å². The van der Waals surface area contributed by atoms with E-state index in [0.717, 1.165) is 44.5 Å². The number of nitrogens with zero attached hydrogens (tertiary/aromatic N) is 3. The molecule has 9 aromatic carbocycles. The third kappa shape index (κ3) is 6.21. The van der Waals surface area contributed by atoms with Crippen LogP contribution in [0.25, 0.3) is 100 Å². The fourth-order valence-corrected chi connectivity index (χ4v) is 7.85. The molecule has 0 radical (unpaired) electrons. The van der Waals surface area contributed by atoms with Gasteiger partial charge in [-0.25, -0.2) is 15.0 Å². The van der Waals surface area contributed by atoms with Crippen LogP contribution in [0.3, 0.4) is 0 Å². The maximum atomic E-state index is 5.24. The molecule has 0 atom stereocenters. The number of aromatic nitrogens is 3. The van der Waals surface area contributed by atoms with Crippen molar-refractivity contribution in [3.8, 4) is 78.7 Å². The second-order valence-corrected chi connectivity index (χ2v) is 14.0. The van der Waals surface area contributed by atoms with Crippen LogP contribution in [0, 0.1) is 0 Å². The molecule has 0 amide bonds. The topological polar surface area (TPSA) is 38.7 Å². The van der Waals surface area contributed by atoms with Gasteiger partial charge in [0.25, 0.3) is 0 Å². The average Bonchev–Trinajstić information content (AvgIpc) is 3.29. The van der Waals surface area contributed by atoms with E-state index in [1.807, 2.05) is 6.07 Å². The quantitative estimate of drug-likeness (QED) is 0.165. The molecule has 0 spiro atoms. The SMILES string of the molecule is c1ccc(-c2ccccc2-c2nc(-c3cccc(-c4cccc5ccccc45)c3)nc(-c3cccc(-c4ccc(-c5ccccc5)c5ccccc45)c3)n2)cc1. The van der Waals surface area contributed by atoms with Crippen LogP contribution in [0.5, 0.6) is 0 Å². The summed E-state index contributed by atoms with van der Waals surface area (Å²) in [4.78, 5) is 15.7. The highest BCUT2D eigenvalue weighted by Crippen LogP contribution is 2.38. The highest BCUT2D eigenvalue weighted by molar-refractivity contribution is 6.05. The van der Waals surface area contributed by atoms with Crippen molar-refractivity contribution in [3.63, 3.8) is 0 Å². The molecular formula is C53H35N3. The lowest BCUT2D eigenvalue weighted by Crippen LogP contribution is -2.01. The van der Waals surface area contributed by atoms with Crippen LogP contribution >= 0.6 is 0 Å². The Morgan fingerprint density at radius 2 is 0.589 bits per heavy atom. The molecule has 1 heterocycles. The summed E-state index contributed by atoms with van der Waals surface area (Å²) in [6.45, 7) is 0. The molecule has 3 nitrogen and oxygen atoms in total. The Hall–Kier alpha value is -7.49. The number of fused-ring (bicyclic) bond motifs is 2. The van der Waals surface area contributed by atoms with Gasteiger partial charge < -0.3 is 0 Å². The van der Waals surface area contributed by atoms with E-state index in [2.05, 4.69) is 206 Å². The summed E-state index contributed by atoms with van der Waals surface area (Å²) < 4.78 is 0. The Bertz CT molecular complexity index is 3020. The molecule has 0 N–H and O–H groups in total. The van der Waals surface area contributed by atoms with E-state index < -0.39 is 0 Å². The number of rotatable bonds is 7. The smallest absolute Gasteiger partial charge is 0.164 e. The van der Waals surface area contributed by atoms with Gasteiger partial charge in [0, 0.05) is 16.7 Å². The van der Waals surface area contributed by atoms with Gasteiger partial charge in [0.15, 0.2) is 17.5 Å². The van der Waals surface area contributed by atoms with E-state index in [1.54, 1.807) is 0 Å². The van der Waals surface area contributed by atoms with Gasteiger partial charge in [0.1, 0.15) is 0 Å². The number of hydrogen-bond acceptors (Lipinski definition) is 3. The van der Waals surface area contributed by atoms with E-state index in [0.29, 0.717) is 17.5 Å². The van der Waals surface area contributed by atoms with Gasteiger partial charge in [0.05, 0.1) is 0 Å². The first kappa shape index (κ1) is 33.1. The van der Waals surface area contributed by atoms with Crippen molar-refractivity contribution in [2.75, 3.05) is 0 Å². The summed E-state index contributed by atoms with van der Waals surface area (Å²) in [5.74, 6) is 1.87. The first-order valence-electron chi connectivity index (χ1n) is 18.9. The van der Waals surface area contributed by atoms with Crippen molar-refractivity contribution in [3.05, 3.63) is 212 Å². The van der Waals surface area contributed by atoms with Crippen LogP contribution in [0.2, 0.25) is 0 Å². The monoisotopic (exact) mass is 713 g/mol. The Morgan fingerprint density at radius 3 is 1.21 bits per heavy atom. The third-order valence-electron chi connectivity index (χ3n) is 10.6. The van der Waals surface area contributed by atoms with Crippen molar-refractivity contribution < 1.29 is 0 Å². The zero-order valence-corrected chi connectivity index (χ0v) is 30.5. The van der Waals surface area contributed by atoms with E-state index in [9.17, 15) is 0 Å². The predicted molar refractivity (Wildman–Crippen MR) is 233 cm³/mol. The zero-order valence-electron chi connectivity index (χ0n) is 30.5. The van der Waals surface area contributed by atoms with Crippen molar-refractivity contribution in [1.29, 1.82) is 0 Å². The van der Waals surface area contributed by atoms with Crippen LogP contribution in [-0.4, -0.2) is 15.0 Å². The average molecular weight is 714 g/mol. The standard InChI is InChI=1S/C53H35N3/c1-3-16-36(17-4-1)44-27-9-12-30-50(44)53-55-51(41-24-13-22-39(34-41)45-31-15-21-38-20-7-8-26-43(38)45)54-52(56-53)42-25-14-23-40(35-42)47-33-32-46(37-18-5-2-6-19-37)48-28-10-11-29-49(47)48/h1-35H. The summed E-state index contributed by atoms with van der Waals surface area (Å²) >= 11 is 0. The molecule has 0 saturated carbocycles. The molecule has 56 heavy (non-hydrogen) atoms. The van der Waals surface area contributed by atoms with Crippen molar-refractivity contribution >= 4 is 21.5 Å². The first-order chi connectivity index (χ1) is 27.8. The lowest BCUT2D eigenvalue weighted by atomic mass is 9.91. The zero-order chi connectivity index (χ0) is 37.3. The summed E-state index contributed by atoms with van der Waals surface area (Å²) in [5.41, 5.74) is 11.9. The molecule has 0 aliphatic rings. The molecular weight excluding hydrogens is 679 g/mol. The predicted octanol–water partition coefficient (Wildman–Crippen LogP) is 13.8. The van der Waals surface area contributed by atoms with E-state index in [1.165, 1.54) is 38.2 Å². The van der Waals surface area contributed by atoms with Gasteiger partial charge in [-0.15, -0.1) is 0 Å². The second-order valence-electron chi connectivity index (χ2n) is 14.0. The minimum Gasteiger partial charge on any atom is -0.208 e. The van der Waals surface area contributed by atoms with Gasteiger partial charge in [-0.05, 0) is 78.2 Å². The molecule has 0 fully saturated rings. The highest BCUT2D eigenvalue weighted by atomic mass is 15.0. The Balaban J connectivity index is 1.14. The minimum atomic E-state index is 0.621. The summed E-state index contributed by atoms with van der Waals surface area (Å²) in [7, 11) is 0. The van der Waals surface area contributed by atoms with Crippen molar-refractivity contribution in [2.24, 2.45) is 0 Å². The summed E-state index contributed by atoms with van der Waals surface area (Å²) in [6.07, 6.45) is 0. The lowest BCUT2D eigenvalue weighted by molar-refractivity contribution is 1.07. The van der Waals surface area contributed by atoms with Gasteiger partial charge in [-0.3, -0.25) is 0 Å². The summed E-state index contributed by atoms with van der Waals surface area (Å²) in [5, 5.41) is 4.84. The van der Waals surface area contributed by atoms with Crippen LogP contribution in [-0.2, 0) is 0 Å². The van der Waals surface area contributed by atoms with E-state index in [4.69, 9.17) is 15.0 Å². The fourth-order valence-electron chi connectivity index (χ4n) is 7.85. The molecule has 0 aliphatic carbocycles. The minimum absolute atomic E-state index is 0.621. The Labute approximate surface area is 326 Å². The Morgan fingerprint density at radius 1 is 0.214 bits per heavy atom. The largest absolute Gasteiger partial charge is 0.208 e. The molecule has 0 saturated heterocycles. The van der Waals surface area contributed by atoms with Crippen molar-refractivity contribution in [2.45, 2.75) is 0 Å². The molecule has 0 unspecified atom stereocenters. The molecule has 10 rings (SSSR count). The second kappa shape index (κ2) is 14.4. The first-order valence-corrected chi connectivity index (χ1v) is 18.9. The molecule has 1 aromatic heterocycles. The van der Waals surface area contributed by atoms with Crippen LogP contribution in [0.15, 0.2) is 212 Å². The maximum Gasteiger partial charge on any atom is 0.164 e. The Kier molecular flexibility index (Phi) is 8.51. The van der Waals surface area contributed by atoms with Crippen LogP contribution in [0.4, 0.5) is 0 Å². The van der Waals surface area contributed by atoms with Crippen LogP contribution in [0.1, 0.15) is 0 Å². The molecule has 0 bridgehead atoms.